The Morgan fingerprint density at radius 3 is 1.37 bits per heavy atom. The first-order valence-corrected chi connectivity index (χ1v) is 11.4. The van der Waals surface area contributed by atoms with E-state index in [0.29, 0.717) is 11.4 Å². The van der Waals surface area contributed by atoms with Crippen LogP contribution in [0.15, 0.2) is 109 Å². The van der Waals surface area contributed by atoms with Crippen molar-refractivity contribution in [3.63, 3.8) is 0 Å². The first-order chi connectivity index (χ1) is 18.3. The van der Waals surface area contributed by atoms with E-state index in [0.717, 1.165) is 27.6 Å². The number of nitro groups is 3. The summed E-state index contributed by atoms with van der Waals surface area (Å²) in [6.07, 6.45) is 0. The maximum absolute atomic E-state index is 11.3. The van der Waals surface area contributed by atoms with E-state index in [1.807, 2.05) is 41.3 Å². The third-order valence-corrected chi connectivity index (χ3v) is 6.15. The number of fused-ring (bicyclic) bond motifs is 1. The van der Waals surface area contributed by atoms with Crippen LogP contribution in [0.3, 0.4) is 0 Å². The van der Waals surface area contributed by atoms with Gasteiger partial charge in [0.15, 0.2) is 0 Å². The van der Waals surface area contributed by atoms with Crippen LogP contribution in [-0.2, 0) is 0 Å². The van der Waals surface area contributed by atoms with Gasteiger partial charge >= 0.3 is 0 Å². The van der Waals surface area contributed by atoms with Gasteiger partial charge in [-0.1, -0.05) is 30.3 Å². The Balaban J connectivity index is 1.75. The van der Waals surface area contributed by atoms with E-state index >= 15 is 0 Å². The molecule has 0 heterocycles. The van der Waals surface area contributed by atoms with E-state index in [1.165, 1.54) is 36.4 Å². The number of nitro benzene ring substituents is 3. The lowest BCUT2D eigenvalue weighted by Gasteiger charge is -2.27. The van der Waals surface area contributed by atoms with Crippen LogP contribution in [0.1, 0.15) is 0 Å². The molecule has 0 radical (unpaired) electrons. The fourth-order valence-electron chi connectivity index (χ4n) is 4.38. The monoisotopic (exact) mass is 506 g/mol. The zero-order valence-corrected chi connectivity index (χ0v) is 19.6. The summed E-state index contributed by atoms with van der Waals surface area (Å²) in [6, 6.07) is 29.8. The summed E-state index contributed by atoms with van der Waals surface area (Å²) in [4.78, 5) is 34.1. The molecular weight excluding hydrogens is 488 g/mol. The number of anilines is 3. The van der Waals surface area contributed by atoms with Crippen molar-refractivity contribution in [1.29, 1.82) is 0 Å². The van der Waals surface area contributed by atoms with Crippen LogP contribution in [0.5, 0.6) is 0 Å². The summed E-state index contributed by atoms with van der Waals surface area (Å²) in [6.45, 7) is 0. The highest BCUT2D eigenvalue weighted by molar-refractivity contribution is 6.07. The molecule has 0 aliphatic heterocycles. The van der Waals surface area contributed by atoms with Gasteiger partial charge in [-0.2, -0.15) is 0 Å². The van der Waals surface area contributed by atoms with Crippen molar-refractivity contribution in [3.8, 4) is 11.1 Å². The SMILES string of the molecule is O=[N+]([O-])c1ccc(-c2cccc3cccc(N(c4ccc([N+](=O)[O-])cc4)c4ccc([N+](=O)[O-])cc4)c23)cc1. The average Bonchev–Trinajstić information content (AvgIpc) is 2.93. The van der Waals surface area contributed by atoms with Crippen molar-refractivity contribution in [2.24, 2.45) is 0 Å². The molecule has 0 amide bonds. The second-order valence-electron chi connectivity index (χ2n) is 8.37. The smallest absolute Gasteiger partial charge is 0.269 e. The van der Waals surface area contributed by atoms with E-state index in [4.69, 9.17) is 0 Å². The first-order valence-electron chi connectivity index (χ1n) is 11.4. The minimum absolute atomic E-state index is 0.0207. The minimum atomic E-state index is -0.482. The standard InChI is InChI=1S/C28H18N4O6/c33-30(34)23-9-7-19(8-10-23)26-5-1-3-20-4-2-6-27(28(20)26)29(21-11-15-24(16-12-21)31(35)36)22-13-17-25(18-14-22)32(37)38/h1-18H. The summed E-state index contributed by atoms with van der Waals surface area (Å²) in [5, 5.41) is 35.4. The number of hydrogen-bond donors (Lipinski definition) is 0. The van der Waals surface area contributed by atoms with Gasteiger partial charge in [0.1, 0.15) is 0 Å². The highest BCUT2D eigenvalue weighted by Crippen LogP contribution is 2.43. The number of nitrogens with zero attached hydrogens (tertiary/aromatic N) is 4. The summed E-state index contributed by atoms with van der Waals surface area (Å²) in [5.74, 6) is 0. The molecule has 0 aliphatic carbocycles. The van der Waals surface area contributed by atoms with E-state index in [-0.39, 0.29) is 17.1 Å². The first kappa shape index (κ1) is 24.1. The molecule has 0 aromatic heterocycles. The normalized spacial score (nSPS) is 10.7. The predicted molar refractivity (Wildman–Crippen MR) is 144 cm³/mol. The maximum atomic E-state index is 11.3. The van der Waals surface area contributed by atoms with Gasteiger partial charge in [0.2, 0.25) is 0 Å². The molecule has 5 aromatic carbocycles. The fourth-order valence-corrected chi connectivity index (χ4v) is 4.38. The summed E-state index contributed by atoms with van der Waals surface area (Å²) in [7, 11) is 0. The van der Waals surface area contributed by atoms with Crippen LogP contribution in [0.2, 0.25) is 0 Å². The Morgan fingerprint density at radius 1 is 0.500 bits per heavy atom. The van der Waals surface area contributed by atoms with Gasteiger partial charge in [0.05, 0.1) is 20.5 Å². The van der Waals surface area contributed by atoms with Crippen molar-refractivity contribution < 1.29 is 14.8 Å². The van der Waals surface area contributed by atoms with Crippen LogP contribution in [0.25, 0.3) is 21.9 Å². The number of benzene rings is 5. The van der Waals surface area contributed by atoms with Gasteiger partial charge in [0, 0.05) is 53.2 Å². The molecule has 0 bridgehead atoms. The molecule has 0 unspecified atom stereocenters. The zero-order chi connectivity index (χ0) is 26.8. The topological polar surface area (TPSA) is 133 Å². The molecule has 0 N–H and O–H groups in total. The van der Waals surface area contributed by atoms with E-state index in [9.17, 15) is 30.3 Å². The van der Waals surface area contributed by atoms with E-state index in [2.05, 4.69) is 0 Å². The van der Waals surface area contributed by atoms with Gasteiger partial charge in [-0.25, -0.2) is 0 Å². The van der Waals surface area contributed by atoms with Crippen molar-refractivity contribution in [2.75, 3.05) is 4.90 Å². The van der Waals surface area contributed by atoms with Crippen molar-refractivity contribution in [2.45, 2.75) is 0 Å². The van der Waals surface area contributed by atoms with Crippen LogP contribution < -0.4 is 4.90 Å². The lowest BCUT2D eigenvalue weighted by atomic mass is 9.96. The van der Waals surface area contributed by atoms with Crippen LogP contribution in [-0.4, -0.2) is 14.8 Å². The van der Waals surface area contributed by atoms with Crippen LogP contribution in [0.4, 0.5) is 34.1 Å². The van der Waals surface area contributed by atoms with Gasteiger partial charge in [0.25, 0.3) is 17.1 Å². The zero-order valence-electron chi connectivity index (χ0n) is 19.6. The van der Waals surface area contributed by atoms with Crippen molar-refractivity contribution in [1.82, 2.24) is 0 Å². The maximum Gasteiger partial charge on any atom is 0.269 e. The summed E-state index contributed by atoms with van der Waals surface area (Å²) < 4.78 is 0. The molecule has 0 saturated heterocycles. The van der Waals surface area contributed by atoms with Gasteiger partial charge < -0.3 is 4.90 Å². The predicted octanol–water partition coefficient (Wildman–Crippen LogP) is 7.70. The molecule has 38 heavy (non-hydrogen) atoms. The molecule has 0 aliphatic rings. The Morgan fingerprint density at radius 2 is 0.921 bits per heavy atom. The van der Waals surface area contributed by atoms with E-state index in [1.54, 1.807) is 36.4 Å². The second-order valence-corrected chi connectivity index (χ2v) is 8.37. The van der Waals surface area contributed by atoms with Crippen molar-refractivity contribution >= 4 is 44.9 Å². The van der Waals surface area contributed by atoms with Crippen molar-refractivity contribution in [3.05, 3.63) is 140 Å². The largest absolute Gasteiger partial charge is 0.310 e. The molecule has 5 aromatic rings. The van der Waals surface area contributed by atoms with Gasteiger partial charge in [-0.3, -0.25) is 30.3 Å². The van der Waals surface area contributed by atoms with Gasteiger partial charge in [-0.15, -0.1) is 0 Å². The summed E-state index contributed by atoms with van der Waals surface area (Å²) in [5.41, 5.74) is 3.37. The Bertz CT molecular complexity index is 1620. The minimum Gasteiger partial charge on any atom is -0.310 e. The number of rotatable bonds is 7. The molecule has 0 spiro atoms. The Labute approximate surface area is 215 Å². The lowest BCUT2D eigenvalue weighted by molar-refractivity contribution is -0.385. The number of hydrogen-bond acceptors (Lipinski definition) is 7. The molecule has 10 heteroatoms. The number of non-ortho nitro benzene ring substituents is 3. The third-order valence-electron chi connectivity index (χ3n) is 6.15. The average molecular weight is 506 g/mol. The highest BCUT2D eigenvalue weighted by Gasteiger charge is 2.20. The molecule has 0 fully saturated rings. The summed E-state index contributed by atoms with van der Waals surface area (Å²) >= 11 is 0. The fraction of sp³-hybridized carbons (Fsp3) is 0. The Hall–Kier alpha value is -5.64. The van der Waals surface area contributed by atoms with E-state index < -0.39 is 14.8 Å². The molecule has 0 atom stereocenters. The lowest BCUT2D eigenvalue weighted by Crippen LogP contribution is -2.11. The molecule has 5 rings (SSSR count). The van der Waals surface area contributed by atoms with Crippen LogP contribution in [0, 0.1) is 30.3 Å². The van der Waals surface area contributed by atoms with Gasteiger partial charge in [-0.05, 0) is 59.0 Å². The second kappa shape index (κ2) is 9.78. The highest BCUT2D eigenvalue weighted by atomic mass is 16.6. The molecular formula is C28H18N4O6. The molecule has 186 valence electrons. The van der Waals surface area contributed by atoms with Crippen LogP contribution >= 0.6 is 0 Å². The Kier molecular flexibility index (Phi) is 6.20. The molecule has 10 nitrogen and oxygen atoms in total. The molecule has 0 saturated carbocycles. The third kappa shape index (κ3) is 4.49. The quantitative estimate of drug-likeness (QED) is 0.163.